The first kappa shape index (κ1) is 12.4. The van der Waals surface area contributed by atoms with Gasteiger partial charge in [0.2, 0.25) is 12.6 Å². The van der Waals surface area contributed by atoms with Crippen molar-refractivity contribution < 1.29 is 14.3 Å². The molecule has 0 saturated carbocycles. The van der Waals surface area contributed by atoms with Crippen LogP contribution < -0.4 is 14.9 Å². The Morgan fingerprint density at radius 1 is 1.29 bits per heavy atom. The molecule has 2 aliphatic heterocycles. The van der Waals surface area contributed by atoms with Crippen molar-refractivity contribution in [2.24, 2.45) is 5.10 Å². The second-order valence-electron chi connectivity index (χ2n) is 4.83. The maximum atomic E-state index is 12.5. The molecular formula is C15H12N2O3S. The van der Waals surface area contributed by atoms with Crippen molar-refractivity contribution in [3.63, 3.8) is 0 Å². The molecule has 4 rings (SSSR count). The highest BCUT2D eigenvalue weighted by Gasteiger charge is 2.31. The smallest absolute Gasteiger partial charge is 0.231 e. The molecule has 2 aromatic rings. The average Bonchev–Trinajstić information content (AvgIpc) is 3.24. The number of Topliss-reactive ketones (excluding diaryl/α,β-unsaturated/α-hetero) is 1. The summed E-state index contributed by atoms with van der Waals surface area (Å²) in [7, 11) is 0. The van der Waals surface area contributed by atoms with E-state index in [4.69, 9.17) is 9.47 Å². The van der Waals surface area contributed by atoms with E-state index in [1.807, 2.05) is 35.7 Å². The van der Waals surface area contributed by atoms with Crippen molar-refractivity contribution in [2.45, 2.75) is 5.92 Å². The standard InChI is InChI=1S/C15H12N2O3S/c18-15(13-2-1-5-21-13)14-10(7-16-17-14)9-3-4-11-12(6-9)20-8-19-11/h1-6,10,16H,7-8H2. The van der Waals surface area contributed by atoms with Gasteiger partial charge in [0.15, 0.2) is 11.5 Å². The van der Waals surface area contributed by atoms with E-state index in [1.54, 1.807) is 0 Å². The largest absolute Gasteiger partial charge is 0.454 e. The van der Waals surface area contributed by atoms with Crippen molar-refractivity contribution in [3.8, 4) is 11.5 Å². The summed E-state index contributed by atoms with van der Waals surface area (Å²) < 4.78 is 10.7. The molecule has 0 radical (unpaired) electrons. The van der Waals surface area contributed by atoms with Gasteiger partial charge in [-0.1, -0.05) is 12.1 Å². The van der Waals surface area contributed by atoms with E-state index in [0.29, 0.717) is 17.1 Å². The second-order valence-corrected chi connectivity index (χ2v) is 5.78. The number of carbonyl (C=O) groups excluding carboxylic acids is 1. The molecular weight excluding hydrogens is 288 g/mol. The van der Waals surface area contributed by atoms with Crippen LogP contribution >= 0.6 is 11.3 Å². The summed E-state index contributed by atoms with van der Waals surface area (Å²) >= 11 is 1.43. The maximum Gasteiger partial charge on any atom is 0.231 e. The Morgan fingerprint density at radius 3 is 3.05 bits per heavy atom. The fourth-order valence-electron chi connectivity index (χ4n) is 2.55. The molecule has 0 bridgehead atoms. The zero-order valence-corrected chi connectivity index (χ0v) is 11.9. The minimum atomic E-state index is -0.0610. The molecule has 0 fully saturated rings. The normalized spacial score (nSPS) is 19.2. The van der Waals surface area contributed by atoms with Crippen LogP contribution in [0.15, 0.2) is 40.8 Å². The van der Waals surface area contributed by atoms with E-state index in [-0.39, 0.29) is 18.5 Å². The molecule has 0 aliphatic carbocycles. The average molecular weight is 300 g/mol. The van der Waals surface area contributed by atoms with Crippen LogP contribution in [0.3, 0.4) is 0 Å². The molecule has 1 atom stereocenters. The topological polar surface area (TPSA) is 59.9 Å². The Kier molecular flexibility index (Phi) is 2.89. The number of thiophene rings is 1. The lowest BCUT2D eigenvalue weighted by Gasteiger charge is -2.11. The number of hydrogen-bond donors (Lipinski definition) is 1. The molecule has 1 unspecified atom stereocenters. The fourth-order valence-corrected chi connectivity index (χ4v) is 3.22. The van der Waals surface area contributed by atoms with E-state index in [9.17, 15) is 4.79 Å². The van der Waals surface area contributed by atoms with Crippen LogP contribution in [0.5, 0.6) is 11.5 Å². The number of ketones is 1. The molecule has 3 heterocycles. The number of hydrazone groups is 1. The van der Waals surface area contributed by atoms with E-state index in [1.165, 1.54) is 11.3 Å². The quantitative estimate of drug-likeness (QED) is 0.884. The first-order valence-corrected chi connectivity index (χ1v) is 7.49. The zero-order valence-electron chi connectivity index (χ0n) is 11.0. The number of carbonyl (C=O) groups is 1. The van der Waals surface area contributed by atoms with Gasteiger partial charge in [-0.2, -0.15) is 5.10 Å². The lowest BCUT2D eigenvalue weighted by atomic mass is 9.92. The van der Waals surface area contributed by atoms with Crippen LogP contribution in [0.25, 0.3) is 0 Å². The molecule has 0 spiro atoms. The molecule has 0 saturated heterocycles. The van der Waals surface area contributed by atoms with Crippen molar-refractivity contribution in [1.82, 2.24) is 5.43 Å². The summed E-state index contributed by atoms with van der Waals surface area (Å²) in [6.07, 6.45) is 0. The minimum absolute atomic E-state index is 0.0160. The van der Waals surface area contributed by atoms with Crippen LogP contribution in [0.1, 0.15) is 21.2 Å². The number of nitrogens with one attached hydrogen (secondary N) is 1. The number of benzene rings is 1. The van der Waals surface area contributed by atoms with Crippen molar-refractivity contribution in [3.05, 3.63) is 46.2 Å². The van der Waals surface area contributed by atoms with Crippen LogP contribution in [0, 0.1) is 0 Å². The van der Waals surface area contributed by atoms with Crippen LogP contribution in [0.4, 0.5) is 0 Å². The summed E-state index contributed by atoms with van der Waals surface area (Å²) in [5.74, 6) is 1.39. The SMILES string of the molecule is O=C(C1=NNCC1c1ccc2c(c1)OCO2)c1cccs1. The van der Waals surface area contributed by atoms with Gasteiger partial charge in [-0.05, 0) is 29.1 Å². The maximum absolute atomic E-state index is 12.5. The number of nitrogens with zero attached hydrogens (tertiary/aromatic N) is 1. The van der Waals surface area contributed by atoms with Gasteiger partial charge in [0, 0.05) is 6.54 Å². The third-order valence-electron chi connectivity index (χ3n) is 3.60. The molecule has 2 aliphatic rings. The van der Waals surface area contributed by atoms with E-state index >= 15 is 0 Å². The van der Waals surface area contributed by atoms with E-state index < -0.39 is 0 Å². The molecule has 1 N–H and O–H groups in total. The predicted molar refractivity (Wildman–Crippen MR) is 79.4 cm³/mol. The second kappa shape index (κ2) is 4.89. The third kappa shape index (κ3) is 2.08. The van der Waals surface area contributed by atoms with Gasteiger partial charge in [0.05, 0.1) is 10.8 Å². The first-order chi connectivity index (χ1) is 10.3. The van der Waals surface area contributed by atoms with Gasteiger partial charge in [-0.3, -0.25) is 4.79 Å². The zero-order chi connectivity index (χ0) is 14.2. The Bertz CT molecular complexity index is 725. The lowest BCUT2D eigenvalue weighted by molar-refractivity contribution is 0.106. The van der Waals surface area contributed by atoms with Gasteiger partial charge in [-0.25, -0.2) is 0 Å². The van der Waals surface area contributed by atoms with Crippen molar-refractivity contribution in [1.29, 1.82) is 0 Å². The monoisotopic (exact) mass is 300 g/mol. The number of hydrogen-bond acceptors (Lipinski definition) is 6. The van der Waals surface area contributed by atoms with Gasteiger partial charge in [-0.15, -0.1) is 11.3 Å². The minimum Gasteiger partial charge on any atom is -0.454 e. The first-order valence-electron chi connectivity index (χ1n) is 6.61. The Balaban J connectivity index is 1.66. The highest BCUT2D eigenvalue weighted by atomic mass is 32.1. The predicted octanol–water partition coefficient (Wildman–Crippen LogP) is 2.40. The molecule has 106 valence electrons. The lowest BCUT2D eigenvalue weighted by Crippen LogP contribution is -2.21. The Labute approximate surface area is 125 Å². The molecule has 21 heavy (non-hydrogen) atoms. The Hall–Kier alpha value is -2.34. The molecule has 0 amide bonds. The van der Waals surface area contributed by atoms with Gasteiger partial charge >= 0.3 is 0 Å². The van der Waals surface area contributed by atoms with E-state index in [0.717, 1.165) is 17.1 Å². The Morgan fingerprint density at radius 2 is 2.19 bits per heavy atom. The number of ether oxygens (including phenoxy) is 2. The summed E-state index contributed by atoms with van der Waals surface area (Å²) in [6, 6.07) is 9.46. The molecule has 5 nitrogen and oxygen atoms in total. The van der Waals surface area contributed by atoms with Crippen molar-refractivity contribution >= 4 is 22.8 Å². The molecule has 6 heteroatoms. The van der Waals surface area contributed by atoms with Crippen LogP contribution in [0.2, 0.25) is 0 Å². The number of fused-ring (bicyclic) bond motifs is 1. The molecule has 1 aromatic carbocycles. The van der Waals surface area contributed by atoms with Gasteiger partial charge < -0.3 is 14.9 Å². The van der Waals surface area contributed by atoms with Crippen LogP contribution in [-0.2, 0) is 0 Å². The third-order valence-corrected chi connectivity index (χ3v) is 4.47. The van der Waals surface area contributed by atoms with Crippen LogP contribution in [-0.4, -0.2) is 24.8 Å². The van der Waals surface area contributed by atoms with E-state index in [2.05, 4.69) is 10.5 Å². The summed E-state index contributed by atoms with van der Waals surface area (Å²) in [5.41, 5.74) is 4.49. The summed E-state index contributed by atoms with van der Waals surface area (Å²) in [6.45, 7) is 0.864. The highest BCUT2D eigenvalue weighted by Crippen LogP contribution is 2.35. The molecule has 1 aromatic heterocycles. The van der Waals surface area contributed by atoms with Gasteiger partial charge in [0.25, 0.3) is 0 Å². The number of rotatable bonds is 3. The summed E-state index contributed by atoms with van der Waals surface area (Å²) in [5, 5.41) is 6.09. The fraction of sp³-hybridized carbons (Fsp3) is 0.200. The van der Waals surface area contributed by atoms with Crippen molar-refractivity contribution in [2.75, 3.05) is 13.3 Å². The van der Waals surface area contributed by atoms with Gasteiger partial charge in [0.1, 0.15) is 5.71 Å². The highest BCUT2D eigenvalue weighted by molar-refractivity contribution is 7.13. The summed E-state index contributed by atoms with van der Waals surface area (Å²) in [4.78, 5) is 13.2.